The molecule has 2 aromatic carbocycles. The van der Waals surface area contributed by atoms with E-state index < -0.39 is 15.8 Å². The Morgan fingerprint density at radius 3 is 1.50 bits per heavy atom. The Morgan fingerprint density at radius 2 is 1.18 bits per heavy atom. The van der Waals surface area contributed by atoms with Gasteiger partial charge in [-0.25, -0.2) is 4.79 Å². The highest BCUT2D eigenvalue weighted by Gasteiger charge is 2.40. The summed E-state index contributed by atoms with van der Waals surface area (Å²) in [5.41, 5.74) is 0. The molecular weight excluding hydrogens is 382 g/mol. The van der Waals surface area contributed by atoms with E-state index in [2.05, 4.69) is 95.9 Å². The average Bonchev–Trinajstić information content (AvgIpc) is 2.63. The van der Waals surface area contributed by atoms with Crippen molar-refractivity contribution in [2.45, 2.75) is 51.9 Å². The summed E-state index contributed by atoms with van der Waals surface area (Å²) < 4.78 is 5.28. The van der Waals surface area contributed by atoms with Gasteiger partial charge in [0, 0.05) is 0 Å². The molecule has 2 rings (SSSR count). The number of methoxy groups -OCH3 is 1. The van der Waals surface area contributed by atoms with Gasteiger partial charge in [-0.2, -0.15) is 0 Å². The van der Waals surface area contributed by atoms with Crippen LogP contribution in [0, 0.1) is 0 Å². The van der Waals surface area contributed by atoms with E-state index in [-0.39, 0.29) is 16.3 Å². The summed E-state index contributed by atoms with van der Waals surface area (Å²) in [6.07, 6.45) is 0. The number of benzene rings is 2. The van der Waals surface area contributed by atoms with Crippen LogP contribution in [-0.4, -0.2) is 23.4 Å². The van der Waals surface area contributed by atoms with Gasteiger partial charge in [-0.3, -0.25) is 0 Å². The quantitative estimate of drug-likeness (QED) is 0.330. The maximum absolute atomic E-state index is 13.0. The Labute approximate surface area is 172 Å². The third-order valence-electron chi connectivity index (χ3n) is 4.30. The van der Waals surface area contributed by atoms with Crippen LogP contribution in [0.5, 0.6) is 0 Å². The van der Waals surface area contributed by atoms with E-state index >= 15 is 0 Å². The third kappa shape index (κ3) is 5.76. The van der Waals surface area contributed by atoms with E-state index in [1.165, 1.54) is 17.7 Å². The maximum atomic E-state index is 13.0. The lowest BCUT2D eigenvalue weighted by molar-refractivity contribution is -0.135. The second-order valence-corrected chi connectivity index (χ2v) is 14.6. The minimum Gasteiger partial charge on any atom is -0.465 e. The fourth-order valence-electron chi connectivity index (χ4n) is 3.63. The number of ether oxygens (including phenoxy) is 1. The summed E-state index contributed by atoms with van der Waals surface area (Å²) in [6.45, 7) is 13.4. The molecule has 2 aromatic rings. The molecule has 0 atom stereocenters. The van der Waals surface area contributed by atoms with Crippen molar-refractivity contribution < 1.29 is 9.53 Å². The molecule has 2 nitrogen and oxygen atoms in total. The first-order valence-electron chi connectivity index (χ1n) is 9.55. The van der Waals surface area contributed by atoms with Crippen LogP contribution in [0.15, 0.2) is 71.8 Å². The van der Waals surface area contributed by atoms with Gasteiger partial charge in [-0.1, -0.05) is 110 Å². The van der Waals surface area contributed by atoms with Gasteiger partial charge in [-0.15, -0.1) is 0 Å². The number of esters is 1. The molecule has 0 saturated carbocycles. The van der Waals surface area contributed by atoms with Crippen molar-refractivity contribution in [3.63, 3.8) is 0 Å². The molecule has 0 saturated heterocycles. The molecule has 150 valence electrons. The van der Waals surface area contributed by atoms with Crippen LogP contribution in [0.25, 0.3) is 0 Å². The fourth-order valence-corrected chi connectivity index (χ4v) is 10.1. The summed E-state index contributed by atoms with van der Waals surface area (Å²) in [5.74, 6) is 2.02. The highest BCUT2D eigenvalue weighted by molar-refractivity contribution is 7.77. The van der Waals surface area contributed by atoms with E-state index in [9.17, 15) is 4.79 Å². The molecule has 0 heterocycles. The molecule has 0 radical (unpaired) electrons. The minimum atomic E-state index is -0.802. The second kappa shape index (κ2) is 9.34. The van der Waals surface area contributed by atoms with E-state index in [0.29, 0.717) is 0 Å². The average molecular weight is 414 g/mol. The molecule has 0 aromatic heterocycles. The number of carbonyl (C=O) groups is 1. The fraction of sp³-hybridized carbons (Fsp3) is 0.375. The molecule has 0 unspecified atom stereocenters. The lowest BCUT2D eigenvalue weighted by atomic mass is 10.2. The van der Waals surface area contributed by atoms with Gasteiger partial charge < -0.3 is 4.74 Å². The molecular formula is C24H32O2P2. The van der Waals surface area contributed by atoms with Gasteiger partial charge in [0.25, 0.3) is 0 Å². The van der Waals surface area contributed by atoms with Crippen LogP contribution in [0.1, 0.15) is 41.5 Å². The summed E-state index contributed by atoms with van der Waals surface area (Å²) in [4.78, 5) is 13.0. The molecule has 0 amide bonds. The predicted octanol–water partition coefficient (Wildman–Crippen LogP) is 6.21. The van der Waals surface area contributed by atoms with Gasteiger partial charge in [0.15, 0.2) is 0 Å². The van der Waals surface area contributed by atoms with Gasteiger partial charge in [0.1, 0.15) is 0 Å². The lowest BCUT2D eigenvalue weighted by Crippen LogP contribution is -2.28. The first-order chi connectivity index (χ1) is 13.1. The number of rotatable bonds is 5. The number of carbonyl (C=O) groups excluding carboxylic acids is 1. The van der Waals surface area contributed by atoms with Crippen molar-refractivity contribution in [2.24, 2.45) is 0 Å². The summed E-state index contributed by atoms with van der Waals surface area (Å²) in [7, 11) is -0.0753. The molecule has 0 spiro atoms. The van der Waals surface area contributed by atoms with Crippen LogP contribution < -0.4 is 10.6 Å². The third-order valence-corrected chi connectivity index (χ3v) is 10.2. The van der Waals surface area contributed by atoms with Crippen LogP contribution >= 0.6 is 15.8 Å². The van der Waals surface area contributed by atoms with Crippen LogP contribution in [0.3, 0.4) is 0 Å². The van der Waals surface area contributed by atoms with Gasteiger partial charge >= 0.3 is 5.97 Å². The van der Waals surface area contributed by atoms with Crippen molar-refractivity contribution in [3.05, 3.63) is 71.8 Å². The van der Waals surface area contributed by atoms with Gasteiger partial charge in [-0.05, 0) is 34.7 Å². The summed E-state index contributed by atoms with van der Waals surface area (Å²) >= 11 is 0. The van der Waals surface area contributed by atoms with Crippen molar-refractivity contribution in [1.82, 2.24) is 0 Å². The normalized spacial score (nSPS) is 13.1. The standard InChI is InChI=1S/C24H32O2P2/c1-23(2,3)28(24(4,5)6)21(22(25)26-7)18-27(19-14-10-8-11-15-19)20-16-12-9-13-17-20/h8-18H,1-7H3/b21-18-. The molecule has 0 bridgehead atoms. The Balaban J connectivity index is 2.71. The molecule has 0 N–H and O–H groups in total. The Morgan fingerprint density at radius 1 is 0.786 bits per heavy atom. The van der Waals surface area contributed by atoms with Crippen molar-refractivity contribution >= 4 is 32.4 Å². The molecule has 0 aliphatic rings. The van der Waals surface area contributed by atoms with E-state index in [0.717, 1.165) is 5.31 Å². The van der Waals surface area contributed by atoms with Crippen molar-refractivity contribution in [3.8, 4) is 0 Å². The molecule has 0 aliphatic heterocycles. The smallest absolute Gasteiger partial charge is 0.338 e. The molecule has 4 heteroatoms. The van der Waals surface area contributed by atoms with Crippen molar-refractivity contribution in [2.75, 3.05) is 7.11 Å². The molecule has 0 fully saturated rings. The lowest BCUT2D eigenvalue weighted by Gasteiger charge is -2.42. The SMILES string of the molecule is COC(=O)/C(=C/P(c1ccccc1)c1ccccc1)P(C(C)(C)C)C(C)(C)C. The second-order valence-electron chi connectivity index (χ2n) is 8.72. The minimum absolute atomic E-state index is 0.0119. The zero-order valence-electron chi connectivity index (χ0n) is 18.1. The zero-order valence-corrected chi connectivity index (χ0v) is 19.9. The first-order valence-corrected chi connectivity index (χ1v) is 12.3. The van der Waals surface area contributed by atoms with Crippen LogP contribution in [0.4, 0.5) is 0 Å². The molecule has 28 heavy (non-hydrogen) atoms. The number of hydrogen-bond acceptors (Lipinski definition) is 2. The zero-order chi connectivity index (χ0) is 20.9. The Bertz CT molecular complexity index is 746. The maximum Gasteiger partial charge on any atom is 0.338 e. The van der Waals surface area contributed by atoms with E-state index in [4.69, 9.17) is 4.74 Å². The topological polar surface area (TPSA) is 26.3 Å². The first kappa shape index (κ1) is 22.8. The Hall–Kier alpha value is -1.49. The van der Waals surface area contributed by atoms with Crippen LogP contribution in [-0.2, 0) is 9.53 Å². The van der Waals surface area contributed by atoms with Crippen LogP contribution in [0.2, 0.25) is 0 Å². The van der Waals surface area contributed by atoms with Gasteiger partial charge in [0.05, 0.1) is 12.4 Å². The predicted molar refractivity (Wildman–Crippen MR) is 126 cm³/mol. The van der Waals surface area contributed by atoms with Crippen molar-refractivity contribution in [1.29, 1.82) is 0 Å². The number of hydrogen-bond donors (Lipinski definition) is 0. The monoisotopic (exact) mass is 414 g/mol. The largest absolute Gasteiger partial charge is 0.465 e. The van der Waals surface area contributed by atoms with E-state index in [1.54, 1.807) is 0 Å². The highest BCUT2D eigenvalue weighted by Crippen LogP contribution is 2.66. The Kier molecular flexibility index (Phi) is 7.60. The highest BCUT2D eigenvalue weighted by atomic mass is 31.1. The molecule has 0 aliphatic carbocycles. The summed E-state index contributed by atoms with van der Waals surface area (Å²) in [6, 6.07) is 20.9. The summed E-state index contributed by atoms with van der Waals surface area (Å²) in [5, 5.41) is 3.30. The van der Waals surface area contributed by atoms with Gasteiger partial charge in [0.2, 0.25) is 0 Å². The van der Waals surface area contributed by atoms with E-state index in [1.807, 2.05) is 12.1 Å².